The van der Waals surface area contributed by atoms with Crippen molar-refractivity contribution >= 4 is 8.32 Å². The molecule has 142 valence electrons. The van der Waals surface area contributed by atoms with Crippen LogP contribution in [0.15, 0.2) is 48.5 Å². The van der Waals surface area contributed by atoms with Crippen molar-refractivity contribution in [2.75, 3.05) is 6.61 Å². The monoisotopic (exact) mass is 387 g/mol. The normalized spacial score (nSPS) is 11.6. The van der Waals surface area contributed by atoms with E-state index in [4.69, 9.17) is 9.16 Å². The van der Waals surface area contributed by atoms with Crippen LogP contribution in [0, 0.1) is 5.82 Å². The van der Waals surface area contributed by atoms with E-state index in [0.29, 0.717) is 31.1 Å². The summed E-state index contributed by atoms with van der Waals surface area (Å²) in [7, 11) is -1.55. The first-order valence-electron chi connectivity index (χ1n) is 8.84. The highest BCUT2D eigenvalue weighted by atomic mass is 28.4. The number of benzene rings is 2. The predicted molar refractivity (Wildman–Crippen MR) is 102 cm³/mol. The fourth-order valence-electron chi connectivity index (χ4n) is 2.42. The summed E-state index contributed by atoms with van der Waals surface area (Å²) in [5, 5.41) is 11.3. The summed E-state index contributed by atoms with van der Waals surface area (Å²) in [6, 6.07) is 14.4. The second-order valence-corrected chi connectivity index (χ2v) is 11.7. The van der Waals surface area contributed by atoms with Gasteiger partial charge in [0.15, 0.2) is 26.4 Å². The van der Waals surface area contributed by atoms with Gasteiger partial charge >= 0.3 is 5.82 Å². The third-order valence-corrected chi connectivity index (χ3v) is 4.82. The van der Waals surface area contributed by atoms with Crippen molar-refractivity contribution in [2.45, 2.75) is 32.8 Å². The zero-order valence-corrected chi connectivity index (χ0v) is 16.8. The summed E-state index contributed by atoms with van der Waals surface area (Å²) in [6.45, 7) is 7.84. The lowest BCUT2D eigenvalue weighted by atomic mass is 10.2. The number of nitrogens with zero attached hydrogens (tertiary/aromatic N) is 3. The Labute approximate surface area is 159 Å². The Hall–Kier alpha value is -2.58. The third kappa shape index (κ3) is 5.70. The largest absolute Gasteiger partial charge is 0.486 e. The Bertz CT molecular complexity index is 881. The molecule has 2 aromatic carbocycles. The molecule has 3 aromatic rings. The van der Waals surface area contributed by atoms with Crippen LogP contribution in [-0.4, -0.2) is 30.3 Å². The minimum atomic E-state index is -1.55. The molecule has 1 N–H and O–H groups in total. The molecule has 0 radical (unpaired) electrons. The van der Waals surface area contributed by atoms with Crippen molar-refractivity contribution in [3.8, 4) is 17.1 Å². The van der Waals surface area contributed by atoms with Crippen molar-refractivity contribution in [3.63, 3.8) is 0 Å². The van der Waals surface area contributed by atoms with Crippen molar-refractivity contribution in [2.24, 2.45) is 0 Å². The maximum atomic E-state index is 14.4. The van der Waals surface area contributed by atoms with Gasteiger partial charge in [0.1, 0.15) is 6.61 Å². The zero-order valence-electron chi connectivity index (χ0n) is 15.8. The molecule has 0 aliphatic heterocycles. The molecule has 8 heteroatoms. The summed E-state index contributed by atoms with van der Waals surface area (Å²) < 4.78 is 25.7. The third-order valence-electron chi connectivity index (χ3n) is 3.75. The van der Waals surface area contributed by atoms with Gasteiger partial charge in [0, 0.05) is 0 Å². The molecule has 0 saturated carbocycles. The molecule has 1 aromatic heterocycles. The molecule has 0 fully saturated rings. The first kappa shape index (κ1) is 19.2. The fraction of sp³-hybridized carbons (Fsp3) is 0.316. The van der Waals surface area contributed by atoms with Crippen LogP contribution in [0.25, 0.3) is 11.4 Å². The number of tetrazole rings is 1. The summed E-state index contributed by atoms with van der Waals surface area (Å²) in [5.41, 5.74) is 1.57. The molecular formula is C19H24FN4O2Si+. The molecule has 0 atom stereocenters. The van der Waals surface area contributed by atoms with Crippen LogP contribution in [0.4, 0.5) is 4.39 Å². The van der Waals surface area contributed by atoms with Crippen molar-refractivity contribution < 1.29 is 18.3 Å². The fourth-order valence-corrected chi connectivity index (χ4v) is 3.12. The van der Waals surface area contributed by atoms with Crippen LogP contribution >= 0.6 is 0 Å². The Morgan fingerprint density at radius 1 is 1.11 bits per heavy atom. The Kier molecular flexibility index (Phi) is 5.97. The molecule has 27 heavy (non-hydrogen) atoms. The van der Waals surface area contributed by atoms with Gasteiger partial charge in [-0.25, -0.2) is 4.39 Å². The lowest BCUT2D eigenvalue weighted by Crippen LogP contribution is -2.43. The van der Waals surface area contributed by atoms with Crippen LogP contribution < -0.4 is 9.53 Å². The molecule has 0 bridgehead atoms. The molecule has 3 rings (SSSR count). The van der Waals surface area contributed by atoms with E-state index in [9.17, 15) is 4.39 Å². The molecule has 0 aliphatic carbocycles. The van der Waals surface area contributed by atoms with Crippen molar-refractivity contribution in [1.82, 2.24) is 15.4 Å². The smallest absolute Gasteiger partial charge is 0.338 e. The summed E-state index contributed by atoms with van der Waals surface area (Å²) >= 11 is 0. The minimum Gasteiger partial charge on any atom is -0.486 e. The standard InChI is InChI=1S/C19H23FN4O2Si/c1-27(2,3)26-12-11-24-22-19(21-23-24)16-9-10-18(17(20)13-16)25-14-15-7-5-4-6-8-15/h4-10,13H,11-12,14H2,1-3H3/p+1. The van der Waals surface area contributed by atoms with E-state index in [2.05, 4.69) is 35.1 Å². The highest BCUT2D eigenvalue weighted by molar-refractivity contribution is 6.69. The van der Waals surface area contributed by atoms with Crippen LogP contribution in [0.3, 0.4) is 0 Å². The van der Waals surface area contributed by atoms with E-state index in [1.807, 2.05) is 30.3 Å². The average Bonchev–Trinajstić information content (AvgIpc) is 3.09. The number of ether oxygens (including phenoxy) is 1. The topological polar surface area (TPSA) is 63.9 Å². The van der Waals surface area contributed by atoms with Gasteiger partial charge in [-0.3, -0.25) is 0 Å². The van der Waals surface area contributed by atoms with Crippen LogP contribution in [0.2, 0.25) is 19.6 Å². The van der Waals surface area contributed by atoms with E-state index >= 15 is 0 Å². The van der Waals surface area contributed by atoms with Crippen molar-refractivity contribution in [3.05, 3.63) is 59.9 Å². The van der Waals surface area contributed by atoms with Gasteiger partial charge < -0.3 is 9.16 Å². The summed E-state index contributed by atoms with van der Waals surface area (Å²) in [4.78, 5) is 1.59. The maximum Gasteiger partial charge on any atom is 0.338 e. The van der Waals surface area contributed by atoms with Gasteiger partial charge in [-0.05, 0) is 53.7 Å². The highest BCUT2D eigenvalue weighted by Gasteiger charge is 2.18. The molecule has 0 spiro atoms. The van der Waals surface area contributed by atoms with E-state index in [-0.39, 0.29) is 5.75 Å². The summed E-state index contributed by atoms with van der Waals surface area (Å²) in [6.07, 6.45) is 0. The average molecular weight is 388 g/mol. The van der Waals surface area contributed by atoms with Crippen LogP contribution in [0.1, 0.15) is 5.56 Å². The number of halogens is 1. The Balaban J connectivity index is 1.62. The second kappa shape index (κ2) is 8.41. The van der Waals surface area contributed by atoms with Crippen LogP contribution in [0.5, 0.6) is 5.75 Å². The lowest BCUT2D eigenvalue weighted by molar-refractivity contribution is -0.805. The van der Waals surface area contributed by atoms with E-state index in [0.717, 1.165) is 5.56 Å². The zero-order chi connectivity index (χ0) is 19.3. The van der Waals surface area contributed by atoms with Crippen LogP contribution in [-0.2, 0) is 17.6 Å². The number of aromatic nitrogens is 4. The van der Waals surface area contributed by atoms with Gasteiger partial charge in [0.05, 0.1) is 17.3 Å². The maximum absolute atomic E-state index is 14.4. The molecular weight excluding hydrogens is 363 g/mol. The number of nitrogens with one attached hydrogen (secondary N) is 1. The SMILES string of the molecule is C[Si](C)(C)OCC[n+]1nc(-c2ccc(OCc3ccccc3)c(F)c2)n[nH]1. The first-order valence-corrected chi connectivity index (χ1v) is 12.2. The van der Waals surface area contributed by atoms with Gasteiger partial charge in [0.2, 0.25) is 0 Å². The van der Waals surface area contributed by atoms with Gasteiger partial charge in [-0.15, -0.1) is 0 Å². The number of hydrogen-bond acceptors (Lipinski definition) is 4. The predicted octanol–water partition coefficient (Wildman–Crippen LogP) is 3.33. The molecule has 0 amide bonds. The second-order valence-electron chi connectivity index (χ2n) is 7.14. The molecule has 1 heterocycles. The number of rotatable bonds is 8. The lowest BCUT2D eigenvalue weighted by Gasteiger charge is -2.15. The highest BCUT2D eigenvalue weighted by Crippen LogP contribution is 2.23. The number of hydrogen-bond donors (Lipinski definition) is 1. The summed E-state index contributed by atoms with van der Waals surface area (Å²) in [5.74, 6) is 0.188. The number of aromatic amines is 1. The quantitative estimate of drug-likeness (QED) is 0.476. The Morgan fingerprint density at radius 2 is 1.89 bits per heavy atom. The first-order chi connectivity index (χ1) is 12.9. The molecule has 6 nitrogen and oxygen atoms in total. The van der Waals surface area contributed by atoms with E-state index in [1.165, 1.54) is 6.07 Å². The minimum absolute atomic E-state index is 0.203. The van der Waals surface area contributed by atoms with Crippen molar-refractivity contribution in [1.29, 1.82) is 0 Å². The molecule has 0 unspecified atom stereocenters. The van der Waals surface area contributed by atoms with E-state index in [1.54, 1.807) is 16.9 Å². The van der Waals surface area contributed by atoms with Gasteiger partial charge in [-0.1, -0.05) is 35.1 Å². The van der Waals surface area contributed by atoms with Gasteiger partial charge in [0.25, 0.3) is 0 Å². The molecule has 0 saturated heterocycles. The van der Waals surface area contributed by atoms with E-state index < -0.39 is 14.1 Å². The number of H-pyrrole nitrogens is 1. The Morgan fingerprint density at radius 3 is 2.59 bits per heavy atom. The molecule has 0 aliphatic rings. The van der Waals surface area contributed by atoms with Gasteiger partial charge in [-0.2, -0.15) is 0 Å².